The Morgan fingerprint density at radius 3 is 2.80 bits per heavy atom. The first-order valence-electron chi connectivity index (χ1n) is 4.47. The van der Waals surface area contributed by atoms with E-state index >= 15 is 0 Å². The standard InChI is InChI=1S/C10H9BrO4/c1-5-9(13)15-10(2)4-3-6(12)7(11)8(10)14-5/h3-5H,1-2H3/t5-,10+/m1/s1. The molecule has 1 heterocycles. The van der Waals surface area contributed by atoms with Crippen LogP contribution in [0.4, 0.5) is 0 Å². The fourth-order valence-corrected chi connectivity index (χ4v) is 2.10. The second kappa shape index (κ2) is 3.20. The number of ketones is 1. The van der Waals surface area contributed by atoms with Crippen molar-refractivity contribution >= 4 is 27.7 Å². The summed E-state index contributed by atoms with van der Waals surface area (Å²) in [6, 6.07) is 0. The van der Waals surface area contributed by atoms with Crippen LogP contribution in [0.15, 0.2) is 22.4 Å². The van der Waals surface area contributed by atoms with Gasteiger partial charge < -0.3 is 9.47 Å². The predicted octanol–water partition coefficient (Wildman–Crippen LogP) is 1.45. The molecule has 0 saturated carbocycles. The quantitative estimate of drug-likeness (QED) is 0.627. The van der Waals surface area contributed by atoms with Crippen LogP contribution in [0.3, 0.4) is 0 Å². The number of halogens is 1. The topological polar surface area (TPSA) is 52.6 Å². The summed E-state index contributed by atoms with van der Waals surface area (Å²) in [5, 5.41) is 0. The van der Waals surface area contributed by atoms with Crippen LogP contribution in [0.25, 0.3) is 0 Å². The van der Waals surface area contributed by atoms with Gasteiger partial charge >= 0.3 is 5.97 Å². The van der Waals surface area contributed by atoms with Crippen LogP contribution in [0.2, 0.25) is 0 Å². The molecule has 1 aliphatic carbocycles. The highest BCUT2D eigenvalue weighted by atomic mass is 79.9. The first-order valence-corrected chi connectivity index (χ1v) is 5.27. The Morgan fingerprint density at radius 1 is 1.47 bits per heavy atom. The summed E-state index contributed by atoms with van der Waals surface area (Å²) < 4.78 is 10.9. The van der Waals surface area contributed by atoms with E-state index in [1.807, 2.05) is 0 Å². The zero-order valence-corrected chi connectivity index (χ0v) is 9.83. The smallest absolute Gasteiger partial charge is 0.348 e. The monoisotopic (exact) mass is 272 g/mol. The Morgan fingerprint density at radius 2 is 2.13 bits per heavy atom. The third kappa shape index (κ3) is 1.51. The number of fused-ring (bicyclic) bond motifs is 1. The molecule has 0 N–H and O–H groups in total. The highest BCUT2D eigenvalue weighted by molar-refractivity contribution is 9.12. The summed E-state index contributed by atoms with van der Waals surface area (Å²) in [5.41, 5.74) is -0.962. The van der Waals surface area contributed by atoms with Crippen LogP contribution in [0.5, 0.6) is 0 Å². The molecule has 0 amide bonds. The molecule has 2 aliphatic rings. The second-order valence-electron chi connectivity index (χ2n) is 3.63. The van der Waals surface area contributed by atoms with Gasteiger partial charge in [0.15, 0.2) is 23.2 Å². The molecule has 1 aliphatic heterocycles. The Balaban J connectivity index is 2.47. The van der Waals surface area contributed by atoms with Crippen molar-refractivity contribution in [3.8, 4) is 0 Å². The van der Waals surface area contributed by atoms with Crippen molar-refractivity contribution < 1.29 is 19.1 Å². The van der Waals surface area contributed by atoms with Gasteiger partial charge in [-0.25, -0.2) is 4.79 Å². The average Bonchev–Trinajstić information content (AvgIpc) is 2.17. The lowest BCUT2D eigenvalue weighted by atomic mass is 9.95. The molecular weight excluding hydrogens is 264 g/mol. The van der Waals surface area contributed by atoms with Gasteiger partial charge in [0.1, 0.15) is 4.48 Å². The highest BCUT2D eigenvalue weighted by Crippen LogP contribution is 2.38. The lowest BCUT2D eigenvalue weighted by molar-refractivity contribution is -0.178. The summed E-state index contributed by atoms with van der Waals surface area (Å²) in [7, 11) is 0. The molecule has 5 heteroatoms. The van der Waals surface area contributed by atoms with Gasteiger partial charge in [0, 0.05) is 0 Å². The van der Waals surface area contributed by atoms with Crippen molar-refractivity contribution in [1.29, 1.82) is 0 Å². The highest BCUT2D eigenvalue weighted by Gasteiger charge is 2.45. The molecule has 0 aromatic rings. The van der Waals surface area contributed by atoms with E-state index in [1.54, 1.807) is 13.8 Å². The van der Waals surface area contributed by atoms with E-state index in [-0.39, 0.29) is 5.78 Å². The van der Waals surface area contributed by atoms with Gasteiger partial charge in [0.2, 0.25) is 0 Å². The van der Waals surface area contributed by atoms with Gasteiger partial charge in [0.05, 0.1) is 0 Å². The molecule has 2 rings (SSSR count). The molecule has 0 spiro atoms. The summed E-state index contributed by atoms with van der Waals surface area (Å²) in [4.78, 5) is 22.7. The first kappa shape index (κ1) is 10.4. The van der Waals surface area contributed by atoms with Crippen LogP contribution in [-0.4, -0.2) is 23.5 Å². The number of allylic oxidation sites excluding steroid dienone is 2. The average molecular weight is 273 g/mol. The third-order valence-electron chi connectivity index (χ3n) is 2.36. The molecule has 0 radical (unpaired) electrons. The lowest BCUT2D eigenvalue weighted by Crippen LogP contribution is -2.46. The first-order chi connectivity index (χ1) is 6.94. The third-order valence-corrected chi connectivity index (χ3v) is 3.11. The van der Waals surface area contributed by atoms with E-state index in [4.69, 9.17) is 9.47 Å². The Hall–Kier alpha value is -1.10. The van der Waals surface area contributed by atoms with E-state index in [0.717, 1.165) is 0 Å². The van der Waals surface area contributed by atoms with Gasteiger partial charge in [-0.05, 0) is 41.9 Å². The molecule has 0 aromatic heterocycles. The molecular formula is C10H9BrO4. The molecule has 15 heavy (non-hydrogen) atoms. The number of hydrogen-bond donors (Lipinski definition) is 0. The van der Waals surface area contributed by atoms with Crippen LogP contribution < -0.4 is 0 Å². The van der Waals surface area contributed by atoms with Crippen molar-refractivity contribution in [2.75, 3.05) is 0 Å². The minimum atomic E-state index is -0.962. The molecule has 1 fully saturated rings. The number of carbonyl (C=O) groups is 2. The van der Waals surface area contributed by atoms with Crippen molar-refractivity contribution in [2.24, 2.45) is 0 Å². The van der Waals surface area contributed by atoms with Crippen molar-refractivity contribution in [3.63, 3.8) is 0 Å². The van der Waals surface area contributed by atoms with Crippen LogP contribution in [-0.2, 0) is 19.1 Å². The fourth-order valence-electron chi connectivity index (χ4n) is 1.48. The number of hydrogen-bond acceptors (Lipinski definition) is 4. The van der Waals surface area contributed by atoms with Crippen molar-refractivity contribution in [1.82, 2.24) is 0 Å². The number of ether oxygens (including phenoxy) is 2. The maximum atomic E-state index is 11.4. The summed E-state index contributed by atoms with van der Waals surface area (Å²) >= 11 is 3.14. The zero-order valence-electron chi connectivity index (χ0n) is 8.24. The maximum Gasteiger partial charge on any atom is 0.348 e. The Bertz CT molecular complexity index is 410. The van der Waals surface area contributed by atoms with Gasteiger partial charge in [-0.3, -0.25) is 4.79 Å². The SMILES string of the molecule is C[C@H]1OC2=C(Br)C(=O)C=C[C@]2(C)OC1=O. The molecule has 0 aromatic carbocycles. The van der Waals surface area contributed by atoms with Gasteiger partial charge in [-0.2, -0.15) is 0 Å². The van der Waals surface area contributed by atoms with E-state index in [0.29, 0.717) is 10.2 Å². The van der Waals surface area contributed by atoms with E-state index in [9.17, 15) is 9.59 Å². The summed E-state index contributed by atoms with van der Waals surface area (Å²) in [6.45, 7) is 3.26. The molecule has 80 valence electrons. The molecule has 2 atom stereocenters. The molecule has 1 saturated heterocycles. The largest absolute Gasteiger partial charge is 0.477 e. The van der Waals surface area contributed by atoms with Crippen LogP contribution >= 0.6 is 15.9 Å². The molecule has 0 bridgehead atoms. The predicted molar refractivity (Wildman–Crippen MR) is 55.1 cm³/mol. The minimum absolute atomic E-state index is 0.187. The number of esters is 1. The summed E-state index contributed by atoms with van der Waals surface area (Å²) in [5.74, 6) is -0.254. The van der Waals surface area contributed by atoms with Gasteiger partial charge in [-0.1, -0.05) is 0 Å². The lowest BCUT2D eigenvalue weighted by Gasteiger charge is -2.37. The van der Waals surface area contributed by atoms with Crippen LogP contribution in [0, 0.1) is 0 Å². The Kier molecular flexibility index (Phi) is 2.22. The fraction of sp³-hybridized carbons (Fsp3) is 0.400. The Labute approximate surface area is 95.1 Å². The van der Waals surface area contributed by atoms with Crippen LogP contribution in [0.1, 0.15) is 13.8 Å². The van der Waals surface area contributed by atoms with Crippen molar-refractivity contribution in [2.45, 2.75) is 25.6 Å². The van der Waals surface area contributed by atoms with Gasteiger partial charge in [-0.15, -0.1) is 0 Å². The van der Waals surface area contributed by atoms with Gasteiger partial charge in [0.25, 0.3) is 0 Å². The number of carbonyl (C=O) groups excluding carboxylic acids is 2. The van der Waals surface area contributed by atoms with Crippen molar-refractivity contribution in [3.05, 3.63) is 22.4 Å². The normalized spacial score (nSPS) is 34.7. The van der Waals surface area contributed by atoms with E-state index in [2.05, 4.69) is 15.9 Å². The molecule has 4 nitrogen and oxygen atoms in total. The van der Waals surface area contributed by atoms with E-state index < -0.39 is 17.7 Å². The number of rotatable bonds is 0. The maximum absolute atomic E-state index is 11.4. The minimum Gasteiger partial charge on any atom is -0.477 e. The zero-order chi connectivity index (χ0) is 11.2. The second-order valence-corrected chi connectivity index (χ2v) is 4.42. The summed E-state index contributed by atoms with van der Waals surface area (Å²) in [6.07, 6.45) is 2.21. The molecule has 0 unspecified atom stereocenters. The van der Waals surface area contributed by atoms with E-state index in [1.165, 1.54) is 12.2 Å².